The fraction of sp³-hybridized carbons (Fsp3) is 0.0833. The van der Waals surface area contributed by atoms with E-state index in [4.69, 9.17) is 11.6 Å². The van der Waals surface area contributed by atoms with Gasteiger partial charge in [0.1, 0.15) is 17.4 Å². The minimum atomic E-state index is -0.401. The summed E-state index contributed by atoms with van der Waals surface area (Å²) < 4.78 is 0. The van der Waals surface area contributed by atoms with Gasteiger partial charge >= 0.3 is 0 Å². The Labute approximate surface area is 98.4 Å². The van der Waals surface area contributed by atoms with Crippen molar-refractivity contribution in [1.29, 1.82) is 5.26 Å². The summed E-state index contributed by atoms with van der Waals surface area (Å²) >= 11 is 5.77. The molecule has 0 N–H and O–H groups in total. The maximum absolute atomic E-state index is 9.17. The number of nitrogens with zero attached hydrogens (tertiary/aromatic N) is 3. The van der Waals surface area contributed by atoms with Crippen LogP contribution in [0, 0.1) is 11.3 Å². The van der Waals surface area contributed by atoms with Crippen LogP contribution in [0.3, 0.4) is 0 Å². The molecule has 3 nitrogen and oxygen atoms in total. The molecule has 0 saturated carbocycles. The molecule has 0 radical (unpaired) electrons. The molecule has 0 aliphatic carbocycles. The molecule has 0 amide bonds. The summed E-state index contributed by atoms with van der Waals surface area (Å²) in [4.78, 5) is 7.86. The molecule has 16 heavy (non-hydrogen) atoms. The van der Waals surface area contributed by atoms with E-state index in [0.717, 1.165) is 5.56 Å². The van der Waals surface area contributed by atoms with E-state index < -0.39 is 5.92 Å². The largest absolute Gasteiger partial charge is 0.240 e. The standard InChI is InChI=1S/C12H8ClN3/c13-12-6-11(15-8-16-12)10(7-14)9-4-2-1-3-5-9/h1-6,8,10H. The van der Waals surface area contributed by atoms with Crippen LogP contribution in [0.2, 0.25) is 5.15 Å². The van der Waals surface area contributed by atoms with Crippen molar-refractivity contribution in [2.24, 2.45) is 0 Å². The zero-order valence-electron chi connectivity index (χ0n) is 8.34. The first kappa shape index (κ1) is 10.6. The van der Waals surface area contributed by atoms with E-state index in [1.165, 1.54) is 6.33 Å². The lowest BCUT2D eigenvalue weighted by atomic mass is 9.97. The Morgan fingerprint density at radius 3 is 2.56 bits per heavy atom. The summed E-state index contributed by atoms with van der Waals surface area (Å²) in [6, 6.07) is 13.3. The van der Waals surface area contributed by atoms with Crippen molar-refractivity contribution in [2.45, 2.75) is 5.92 Å². The average molecular weight is 230 g/mol. The van der Waals surface area contributed by atoms with Gasteiger partial charge in [-0.05, 0) is 11.6 Å². The van der Waals surface area contributed by atoms with Crippen molar-refractivity contribution < 1.29 is 0 Å². The molecule has 0 spiro atoms. The van der Waals surface area contributed by atoms with Gasteiger partial charge in [0.15, 0.2) is 0 Å². The van der Waals surface area contributed by atoms with E-state index in [1.807, 2.05) is 30.3 Å². The Balaban J connectivity index is 2.42. The number of hydrogen-bond acceptors (Lipinski definition) is 3. The van der Waals surface area contributed by atoms with E-state index in [9.17, 15) is 5.26 Å². The summed E-state index contributed by atoms with van der Waals surface area (Å²) in [7, 11) is 0. The van der Waals surface area contributed by atoms with Crippen LogP contribution in [-0.4, -0.2) is 9.97 Å². The van der Waals surface area contributed by atoms with Crippen LogP contribution in [-0.2, 0) is 0 Å². The summed E-state index contributed by atoms with van der Waals surface area (Å²) in [6.45, 7) is 0. The summed E-state index contributed by atoms with van der Waals surface area (Å²) in [5, 5.41) is 9.52. The number of halogens is 1. The van der Waals surface area contributed by atoms with E-state index in [-0.39, 0.29) is 0 Å². The maximum Gasteiger partial charge on any atom is 0.132 e. The number of hydrogen-bond donors (Lipinski definition) is 0. The van der Waals surface area contributed by atoms with E-state index in [1.54, 1.807) is 6.07 Å². The second-order valence-electron chi connectivity index (χ2n) is 3.24. The molecule has 1 atom stereocenters. The molecule has 1 unspecified atom stereocenters. The van der Waals surface area contributed by atoms with Crippen LogP contribution in [0.1, 0.15) is 17.2 Å². The lowest BCUT2D eigenvalue weighted by Crippen LogP contribution is -2.01. The molecule has 2 rings (SSSR count). The molecule has 0 saturated heterocycles. The second-order valence-corrected chi connectivity index (χ2v) is 3.63. The van der Waals surface area contributed by atoms with Gasteiger partial charge in [-0.15, -0.1) is 0 Å². The monoisotopic (exact) mass is 229 g/mol. The van der Waals surface area contributed by atoms with Crippen LogP contribution < -0.4 is 0 Å². The predicted molar refractivity (Wildman–Crippen MR) is 60.9 cm³/mol. The molecule has 2 aromatic rings. The number of nitriles is 1. The third kappa shape index (κ3) is 2.18. The third-order valence-electron chi connectivity index (χ3n) is 2.21. The highest BCUT2D eigenvalue weighted by Crippen LogP contribution is 2.22. The first-order valence-electron chi connectivity index (χ1n) is 4.73. The zero-order valence-corrected chi connectivity index (χ0v) is 9.09. The smallest absolute Gasteiger partial charge is 0.132 e. The highest BCUT2D eigenvalue weighted by atomic mass is 35.5. The SMILES string of the molecule is N#CC(c1ccccc1)c1cc(Cl)ncn1. The lowest BCUT2D eigenvalue weighted by molar-refractivity contribution is 0.943. The highest BCUT2D eigenvalue weighted by molar-refractivity contribution is 6.29. The van der Waals surface area contributed by atoms with Crippen LogP contribution in [0.25, 0.3) is 0 Å². The van der Waals surface area contributed by atoms with Gasteiger partial charge in [-0.3, -0.25) is 0 Å². The van der Waals surface area contributed by atoms with Gasteiger partial charge in [0.25, 0.3) is 0 Å². The van der Waals surface area contributed by atoms with Crippen molar-refractivity contribution in [1.82, 2.24) is 9.97 Å². The summed E-state index contributed by atoms with van der Waals surface area (Å²) in [5.74, 6) is -0.401. The van der Waals surface area contributed by atoms with Crippen LogP contribution in [0.4, 0.5) is 0 Å². The van der Waals surface area contributed by atoms with E-state index >= 15 is 0 Å². The quantitative estimate of drug-likeness (QED) is 0.744. The summed E-state index contributed by atoms with van der Waals surface area (Å²) in [5.41, 5.74) is 1.52. The second kappa shape index (κ2) is 4.73. The van der Waals surface area contributed by atoms with Gasteiger partial charge in [-0.25, -0.2) is 9.97 Å². The molecule has 0 aliphatic heterocycles. The van der Waals surface area contributed by atoms with Crippen molar-refractivity contribution in [3.8, 4) is 6.07 Å². The minimum Gasteiger partial charge on any atom is -0.240 e. The fourth-order valence-corrected chi connectivity index (χ4v) is 1.62. The Kier molecular flexibility index (Phi) is 3.13. The topological polar surface area (TPSA) is 49.6 Å². The van der Waals surface area contributed by atoms with Gasteiger partial charge in [-0.2, -0.15) is 5.26 Å². The molecular weight excluding hydrogens is 222 g/mol. The molecule has 0 aliphatic rings. The predicted octanol–water partition coefficient (Wildman–Crippen LogP) is 2.79. The normalized spacial score (nSPS) is 11.8. The first-order valence-corrected chi connectivity index (χ1v) is 5.11. The lowest BCUT2D eigenvalue weighted by Gasteiger charge is -2.08. The molecule has 0 bridgehead atoms. The van der Waals surface area contributed by atoms with Crippen molar-refractivity contribution in [2.75, 3.05) is 0 Å². The first-order chi connectivity index (χ1) is 7.81. The zero-order chi connectivity index (χ0) is 11.4. The van der Waals surface area contributed by atoms with Crippen molar-refractivity contribution in [3.05, 3.63) is 59.1 Å². The van der Waals surface area contributed by atoms with Gasteiger partial charge in [0, 0.05) is 0 Å². The Hall–Kier alpha value is -1.92. The van der Waals surface area contributed by atoms with Crippen molar-refractivity contribution in [3.63, 3.8) is 0 Å². The average Bonchev–Trinajstić information content (AvgIpc) is 2.31. The van der Waals surface area contributed by atoms with Gasteiger partial charge in [-0.1, -0.05) is 41.9 Å². The van der Waals surface area contributed by atoms with Crippen molar-refractivity contribution >= 4 is 11.6 Å². The van der Waals surface area contributed by atoms with Gasteiger partial charge < -0.3 is 0 Å². The Morgan fingerprint density at radius 2 is 1.94 bits per heavy atom. The maximum atomic E-state index is 9.17. The van der Waals surface area contributed by atoms with E-state index in [2.05, 4.69) is 16.0 Å². The molecule has 78 valence electrons. The molecule has 1 aromatic carbocycles. The third-order valence-corrected chi connectivity index (χ3v) is 2.42. The Morgan fingerprint density at radius 1 is 1.19 bits per heavy atom. The molecule has 0 fully saturated rings. The minimum absolute atomic E-state index is 0.348. The highest BCUT2D eigenvalue weighted by Gasteiger charge is 2.14. The molecular formula is C12H8ClN3. The number of rotatable bonds is 2. The molecule has 1 heterocycles. The van der Waals surface area contributed by atoms with Crippen LogP contribution in [0.5, 0.6) is 0 Å². The summed E-state index contributed by atoms with van der Waals surface area (Å²) in [6.07, 6.45) is 1.37. The fourth-order valence-electron chi connectivity index (χ4n) is 1.46. The number of benzene rings is 1. The molecule has 1 aromatic heterocycles. The van der Waals surface area contributed by atoms with E-state index in [0.29, 0.717) is 10.8 Å². The van der Waals surface area contributed by atoms with Gasteiger partial charge in [0.05, 0.1) is 11.8 Å². The Bertz CT molecular complexity index is 519. The van der Waals surface area contributed by atoms with Crippen LogP contribution in [0.15, 0.2) is 42.7 Å². The number of aromatic nitrogens is 2. The van der Waals surface area contributed by atoms with Crippen LogP contribution >= 0.6 is 11.6 Å². The van der Waals surface area contributed by atoms with Gasteiger partial charge in [0.2, 0.25) is 0 Å². The molecule has 4 heteroatoms.